The van der Waals surface area contributed by atoms with Gasteiger partial charge in [-0.3, -0.25) is 0 Å². The van der Waals surface area contributed by atoms with Gasteiger partial charge in [0, 0.05) is 10.3 Å². The highest BCUT2D eigenvalue weighted by atomic mass is 127. The van der Waals surface area contributed by atoms with Crippen molar-refractivity contribution < 1.29 is 9.13 Å². The minimum Gasteiger partial charge on any atom is -0.377 e. The zero-order valence-corrected chi connectivity index (χ0v) is 9.91. The Bertz CT molecular complexity index is 316. The number of benzene rings is 1. The second kappa shape index (κ2) is 4.57. The monoisotopic (exact) mass is 306 g/mol. The van der Waals surface area contributed by atoms with E-state index >= 15 is 0 Å². The van der Waals surface area contributed by atoms with Crippen LogP contribution in [-0.4, -0.2) is 17.1 Å². The van der Waals surface area contributed by atoms with Gasteiger partial charge in [0.15, 0.2) is 0 Å². The molecular formula is C11H12FIO. The summed E-state index contributed by atoms with van der Waals surface area (Å²) in [5.41, 5.74) is 1.07. The van der Waals surface area contributed by atoms with E-state index in [1.165, 1.54) is 6.07 Å². The van der Waals surface area contributed by atoms with E-state index in [0.717, 1.165) is 23.0 Å². The minimum atomic E-state index is -0.152. The zero-order valence-electron chi connectivity index (χ0n) is 7.75. The third-order valence-corrected chi connectivity index (χ3v) is 3.56. The van der Waals surface area contributed by atoms with E-state index in [-0.39, 0.29) is 5.82 Å². The molecule has 0 saturated carbocycles. The molecule has 0 aliphatic carbocycles. The van der Waals surface area contributed by atoms with Crippen LogP contribution in [0, 0.1) is 5.82 Å². The summed E-state index contributed by atoms with van der Waals surface area (Å²) in [6, 6.07) is 6.84. The quantitative estimate of drug-likeness (QED) is 0.602. The summed E-state index contributed by atoms with van der Waals surface area (Å²) in [6.45, 7) is 0.733. The molecule has 3 heteroatoms. The smallest absolute Gasteiger partial charge is 0.123 e. The Balaban J connectivity index is 2.09. The molecule has 1 aromatic carbocycles. The maximum atomic E-state index is 13.0. The van der Waals surface area contributed by atoms with Crippen LogP contribution in [0.2, 0.25) is 0 Å². The van der Waals surface area contributed by atoms with Crippen molar-refractivity contribution >= 4 is 22.6 Å². The molecule has 0 radical (unpaired) electrons. The predicted octanol–water partition coefficient (Wildman–Crippen LogP) is 3.13. The SMILES string of the molecule is Fc1cccc([C@@H]2CO[C@@H](CI)C2)c1. The fraction of sp³-hybridized carbons (Fsp3) is 0.455. The standard InChI is InChI=1S/C11H12FIO/c12-10-3-1-2-8(4-10)9-5-11(6-13)14-7-9/h1-4,9,11H,5-7H2/t9-,11+/m0/s1. The van der Waals surface area contributed by atoms with E-state index in [4.69, 9.17) is 4.74 Å². The van der Waals surface area contributed by atoms with Gasteiger partial charge < -0.3 is 4.74 Å². The first-order chi connectivity index (χ1) is 6.79. The number of hydrogen-bond acceptors (Lipinski definition) is 1. The van der Waals surface area contributed by atoms with Gasteiger partial charge in [0.1, 0.15) is 5.82 Å². The van der Waals surface area contributed by atoms with Gasteiger partial charge in [-0.15, -0.1) is 0 Å². The van der Waals surface area contributed by atoms with Crippen LogP contribution in [0.15, 0.2) is 24.3 Å². The van der Waals surface area contributed by atoms with E-state index in [1.54, 1.807) is 12.1 Å². The summed E-state index contributed by atoms with van der Waals surface area (Å²) in [7, 11) is 0. The van der Waals surface area contributed by atoms with Crippen molar-refractivity contribution in [2.75, 3.05) is 11.0 Å². The first-order valence-corrected chi connectivity index (χ1v) is 6.25. The van der Waals surface area contributed by atoms with Gasteiger partial charge >= 0.3 is 0 Å². The predicted molar refractivity (Wildman–Crippen MR) is 62.4 cm³/mol. The number of alkyl halides is 1. The van der Waals surface area contributed by atoms with Crippen molar-refractivity contribution in [3.63, 3.8) is 0 Å². The first-order valence-electron chi connectivity index (χ1n) is 4.72. The average Bonchev–Trinajstić information content (AvgIpc) is 2.66. The molecule has 0 spiro atoms. The largest absolute Gasteiger partial charge is 0.377 e. The Morgan fingerprint density at radius 2 is 2.36 bits per heavy atom. The molecule has 76 valence electrons. The summed E-state index contributed by atoms with van der Waals surface area (Å²) in [5.74, 6) is 0.228. The van der Waals surface area contributed by atoms with Gasteiger partial charge in [-0.1, -0.05) is 34.7 Å². The van der Waals surface area contributed by atoms with Crippen molar-refractivity contribution in [3.05, 3.63) is 35.6 Å². The lowest BCUT2D eigenvalue weighted by Crippen LogP contribution is -2.05. The highest BCUT2D eigenvalue weighted by Gasteiger charge is 2.25. The lowest BCUT2D eigenvalue weighted by molar-refractivity contribution is 0.129. The lowest BCUT2D eigenvalue weighted by atomic mass is 9.97. The van der Waals surface area contributed by atoms with Crippen LogP contribution in [0.3, 0.4) is 0 Å². The van der Waals surface area contributed by atoms with Crippen LogP contribution in [-0.2, 0) is 4.74 Å². The van der Waals surface area contributed by atoms with Crippen LogP contribution >= 0.6 is 22.6 Å². The first kappa shape index (κ1) is 10.4. The van der Waals surface area contributed by atoms with E-state index < -0.39 is 0 Å². The summed E-state index contributed by atoms with van der Waals surface area (Å²) < 4.78 is 19.6. The molecule has 0 unspecified atom stereocenters. The van der Waals surface area contributed by atoms with Crippen LogP contribution in [0.25, 0.3) is 0 Å². The normalized spacial score (nSPS) is 26.7. The van der Waals surface area contributed by atoms with Gasteiger partial charge in [0.05, 0.1) is 12.7 Å². The summed E-state index contributed by atoms with van der Waals surface area (Å²) >= 11 is 2.33. The summed E-state index contributed by atoms with van der Waals surface area (Å²) in [4.78, 5) is 0. The van der Waals surface area contributed by atoms with E-state index in [0.29, 0.717) is 12.0 Å². The van der Waals surface area contributed by atoms with Crippen molar-refractivity contribution in [3.8, 4) is 0 Å². The highest BCUT2D eigenvalue weighted by Crippen LogP contribution is 2.30. The number of hydrogen-bond donors (Lipinski definition) is 0. The molecule has 1 heterocycles. The van der Waals surface area contributed by atoms with E-state index in [2.05, 4.69) is 22.6 Å². The Morgan fingerprint density at radius 1 is 1.50 bits per heavy atom. The Kier molecular flexibility index (Phi) is 3.38. The molecule has 14 heavy (non-hydrogen) atoms. The molecule has 1 saturated heterocycles. The van der Waals surface area contributed by atoms with Crippen molar-refractivity contribution in [2.45, 2.75) is 18.4 Å². The molecule has 2 atom stereocenters. The van der Waals surface area contributed by atoms with Gasteiger partial charge in [-0.2, -0.15) is 0 Å². The molecule has 1 aromatic rings. The zero-order chi connectivity index (χ0) is 9.97. The van der Waals surface area contributed by atoms with Crippen LogP contribution in [0.4, 0.5) is 4.39 Å². The molecule has 1 aliphatic heterocycles. The molecule has 0 amide bonds. The van der Waals surface area contributed by atoms with Crippen molar-refractivity contribution in [2.24, 2.45) is 0 Å². The highest BCUT2D eigenvalue weighted by molar-refractivity contribution is 14.1. The minimum absolute atomic E-state index is 0.152. The van der Waals surface area contributed by atoms with Crippen molar-refractivity contribution in [1.29, 1.82) is 0 Å². The third-order valence-electron chi connectivity index (χ3n) is 2.57. The maximum Gasteiger partial charge on any atom is 0.123 e. The Hall–Kier alpha value is -0.160. The molecule has 2 rings (SSSR count). The van der Waals surface area contributed by atoms with Gasteiger partial charge in [-0.25, -0.2) is 4.39 Å². The van der Waals surface area contributed by atoms with Gasteiger partial charge in [0.2, 0.25) is 0 Å². The number of ether oxygens (including phenoxy) is 1. The molecule has 1 aliphatic rings. The number of halogens is 2. The second-order valence-corrected chi connectivity index (χ2v) is 4.48. The fourth-order valence-electron chi connectivity index (χ4n) is 1.81. The molecular weight excluding hydrogens is 294 g/mol. The van der Waals surface area contributed by atoms with Gasteiger partial charge in [0.25, 0.3) is 0 Å². The topological polar surface area (TPSA) is 9.23 Å². The second-order valence-electron chi connectivity index (χ2n) is 3.60. The summed E-state index contributed by atoms with van der Waals surface area (Å²) in [5, 5.41) is 0. The molecule has 1 nitrogen and oxygen atoms in total. The molecule has 0 bridgehead atoms. The van der Waals surface area contributed by atoms with Crippen LogP contribution < -0.4 is 0 Å². The maximum absolute atomic E-state index is 13.0. The Labute approximate surface area is 96.8 Å². The third kappa shape index (κ3) is 2.25. The Morgan fingerprint density at radius 3 is 3.00 bits per heavy atom. The molecule has 1 fully saturated rings. The fourth-order valence-corrected chi connectivity index (χ4v) is 2.42. The van der Waals surface area contributed by atoms with Crippen molar-refractivity contribution in [1.82, 2.24) is 0 Å². The number of rotatable bonds is 2. The van der Waals surface area contributed by atoms with E-state index in [1.807, 2.05) is 6.07 Å². The molecule has 0 aromatic heterocycles. The van der Waals surface area contributed by atoms with Crippen LogP contribution in [0.1, 0.15) is 17.9 Å². The lowest BCUT2D eigenvalue weighted by Gasteiger charge is -2.07. The van der Waals surface area contributed by atoms with Crippen LogP contribution in [0.5, 0.6) is 0 Å². The molecule has 0 N–H and O–H groups in total. The average molecular weight is 306 g/mol. The summed E-state index contributed by atoms with van der Waals surface area (Å²) in [6.07, 6.45) is 1.37. The van der Waals surface area contributed by atoms with Gasteiger partial charge in [-0.05, 0) is 24.1 Å². The van der Waals surface area contributed by atoms with E-state index in [9.17, 15) is 4.39 Å².